The molecule has 0 aliphatic carbocycles. The number of ether oxygens (including phenoxy) is 1. The van der Waals surface area contributed by atoms with Crippen LogP contribution in [0, 0.1) is 0 Å². The number of hydroxylamine groups is 2. The monoisotopic (exact) mass is 264 g/mol. The van der Waals surface area contributed by atoms with E-state index in [2.05, 4.69) is 0 Å². The number of nitrogens with one attached hydrogen (secondary N) is 1. The molecule has 102 valence electrons. The summed E-state index contributed by atoms with van der Waals surface area (Å²) in [6.45, 7) is -0.763. The molecule has 0 aromatic heterocycles. The number of urea groups is 1. The molecule has 0 bridgehead atoms. The van der Waals surface area contributed by atoms with Crippen molar-refractivity contribution in [1.29, 1.82) is 0 Å². The van der Waals surface area contributed by atoms with Gasteiger partial charge in [0.2, 0.25) is 0 Å². The molecule has 2 fully saturated rings. The molecule has 0 unspecified atom stereocenters. The zero-order valence-corrected chi connectivity index (χ0v) is 8.92. The Morgan fingerprint density at radius 3 is 2.33 bits per heavy atom. The first kappa shape index (κ1) is 13.1. The fourth-order valence-electron chi connectivity index (χ4n) is 1.97. The second-order valence-corrected chi connectivity index (χ2v) is 4.05. The maximum absolute atomic E-state index is 11.6. The Morgan fingerprint density at radius 2 is 1.89 bits per heavy atom. The molecule has 0 radical (unpaired) electrons. The number of imide groups is 1. The van der Waals surface area contributed by atoms with E-state index in [1.54, 1.807) is 0 Å². The highest BCUT2D eigenvalue weighted by Gasteiger charge is 2.64. The minimum atomic E-state index is -2.42. The topological polar surface area (TPSA) is 160 Å². The van der Waals surface area contributed by atoms with Gasteiger partial charge in [0.15, 0.2) is 0 Å². The molecule has 2 rings (SSSR count). The molecule has 0 aromatic rings. The molecule has 1 spiro atoms. The number of amides is 3. The summed E-state index contributed by atoms with van der Waals surface area (Å²) in [4.78, 5) is 22.8. The van der Waals surface area contributed by atoms with E-state index in [1.165, 1.54) is 0 Å². The lowest BCUT2D eigenvalue weighted by molar-refractivity contribution is -0.271. The quantitative estimate of drug-likeness (QED) is 0.207. The average molecular weight is 264 g/mol. The van der Waals surface area contributed by atoms with Gasteiger partial charge in [-0.05, 0) is 0 Å². The number of hydrogen-bond acceptors (Lipinski definition) is 8. The van der Waals surface area contributed by atoms with Gasteiger partial charge in [-0.1, -0.05) is 0 Å². The highest BCUT2D eigenvalue weighted by molar-refractivity contribution is 6.05. The van der Waals surface area contributed by atoms with Gasteiger partial charge in [0.25, 0.3) is 5.72 Å². The molecule has 0 saturated carbocycles. The van der Waals surface area contributed by atoms with Gasteiger partial charge >= 0.3 is 11.9 Å². The molecule has 3 amide bonds. The summed E-state index contributed by atoms with van der Waals surface area (Å²) in [5.74, 6) is -1.34. The molecule has 2 aliphatic rings. The van der Waals surface area contributed by atoms with Gasteiger partial charge in [0.1, 0.15) is 24.4 Å². The lowest BCUT2D eigenvalue weighted by Crippen LogP contribution is -2.71. The molecular formula is C8H12N2O8. The largest absolute Gasteiger partial charge is 0.394 e. The minimum Gasteiger partial charge on any atom is -0.394 e. The average Bonchev–Trinajstić information content (AvgIpc) is 2.57. The van der Waals surface area contributed by atoms with Crippen LogP contribution in [0.15, 0.2) is 0 Å². The van der Waals surface area contributed by atoms with E-state index in [4.69, 9.17) is 15.1 Å². The van der Waals surface area contributed by atoms with Crippen molar-refractivity contribution < 1.29 is 40.0 Å². The van der Waals surface area contributed by atoms with Gasteiger partial charge < -0.3 is 25.2 Å². The Morgan fingerprint density at radius 1 is 1.28 bits per heavy atom. The molecule has 5 atom stereocenters. The molecule has 2 aliphatic heterocycles. The number of rotatable bonds is 1. The Labute approximate surface area is 100.0 Å². The maximum Gasteiger partial charge on any atom is 0.351 e. The van der Waals surface area contributed by atoms with Crippen molar-refractivity contribution in [3.63, 3.8) is 0 Å². The van der Waals surface area contributed by atoms with Crippen molar-refractivity contribution in [2.24, 2.45) is 0 Å². The zero-order chi connectivity index (χ0) is 13.7. The van der Waals surface area contributed by atoms with Gasteiger partial charge in [-0.3, -0.25) is 15.3 Å². The fourth-order valence-corrected chi connectivity index (χ4v) is 1.97. The Hall–Kier alpha value is -1.30. The van der Waals surface area contributed by atoms with Crippen LogP contribution >= 0.6 is 0 Å². The first-order valence-electron chi connectivity index (χ1n) is 5.03. The van der Waals surface area contributed by atoms with Crippen molar-refractivity contribution in [1.82, 2.24) is 10.4 Å². The summed E-state index contributed by atoms with van der Waals surface area (Å²) in [6.07, 6.45) is -6.89. The first-order chi connectivity index (χ1) is 8.35. The normalized spacial score (nSPS) is 44.6. The molecule has 0 aromatic carbocycles. The summed E-state index contributed by atoms with van der Waals surface area (Å²) in [6, 6.07) is -1.25. The van der Waals surface area contributed by atoms with Crippen LogP contribution in [-0.4, -0.2) is 79.4 Å². The van der Waals surface area contributed by atoms with Crippen molar-refractivity contribution in [3.05, 3.63) is 0 Å². The standard InChI is InChI=1S/C8H12N2O8/c11-1-2-3(12)4(13)5(14)8(18-2)6(15)10(17)7(16)9-8/h2-5,11-14,17H,1H2,(H,9,16)/t2-,3-,4+,5-,8-/m1/s1. The number of nitrogens with zero attached hydrogens (tertiary/aromatic N) is 1. The van der Waals surface area contributed by atoms with Crippen molar-refractivity contribution in [3.8, 4) is 0 Å². The van der Waals surface area contributed by atoms with E-state index in [0.717, 1.165) is 0 Å². The summed E-state index contributed by atoms with van der Waals surface area (Å²) in [5, 5.41) is 48.4. The summed E-state index contributed by atoms with van der Waals surface area (Å²) in [7, 11) is 0. The molecular weight excluding hydrogens is 252 g/mol. The van der Waals surface area contributed by atoms with Crippen LogP contribution in [0.4, 0.5) is 4.79 Å². The Balaban J connectivity index is 2.38. The minimum absolute atomic E-state index is 0.317. The maximum atomic E-state index is 11.6. The van der Waals surface area contributed by atoms with Crippen LogP contribution in [-0.2, 0) is 9.53 Å². The van der Waals surface area contributed by atoms with Crippen LogP contribution in [0.25, 0.3) is 0 Å². The molecule has 2 heterocycles. The second-order valence-electron chi connectivity index (χ2n) is 4.05. The first-order valence-corrected chi connectivity index (χ1v) is 5.03. The van der Waals surface area contributed by atoms with Crippen LogP contribution in [0.5, 0.6) is 0 Å². The third kappa shape index (κ3) is 1.51. The van der Waals surface area contributed by atoms with Gasteiger partial charge in [-0.15, -0.1) is 5.06 Å². The van der Waals surface area contributed by atoms with Crippen LogP contribution in [0.3, 0.4) is 0 Å². The number of carbonyl (C=O) groups is 2. The molecule has 10 heteroatoms. The van der Waals surface area contributed by atoms with Crippen molar-refractivity contribution >= 4 is 11.9 Å². The fraction of sp³-hybridized carbons (Fsp3) is 0.750. The predicted molar refractivity (Wildman–Crippen MR) is 49.9 cm³/mol. The zero-order valence-electron chi connectivity index (χ0n) is 8.92. The van der Waals surface area contributed by atoms with Crippen molar-refractivity contribution in [2.75, 3.05) is 6.61 Å². The van der Waals surface area contributed by atoms with Gasteiger partial charge in [0.05, 0.1) is 6.61 Å². The SMILES string of the molecule is O=C1N[C@]2(O[C@H](CO)[C@@H](O)[C@H](O)[C@H]2O)C(=O)N1O. The number of carbonyl (C=O) groups excluding carboxylic acids is 2. The third-order valence-electron chi connectivity index (χ3n) is 2.98. The lowest BCUT2D eigenvalue weighted by Gasteiger charge is -2.44. The van der Waals surface area contributed by atoms with Gasteiger partial charge in [-0.2, -0.15) is 0 Å². The summed E-state index contributed by atoms with van der Waals surface area (Å²) >= 11 is 0. The summed E-state index contributed by atoms with van der Waals surface area (Å²) in [5.41, 5.74) is -2.42. The van der Waals surface area contributed by atoms with E-state index < -0.39 is 48.7 Å². The molecule has 10 nitrogen and oxygen atoms in total. The number of aliphatic hydroxyl groups is 4. The number of hydrogen-bond donors (Lipinski definition) is 6. The van der Waals surface area contributed by atoms with Crippen LogP contribution in [0.1, 0.15) is 0 Å². The third-order valence-corrected chi connectivity index (χ3v) is 2.98. The Bertz CT molecular complexity index is 387. The van der Waals surface area contributed by atoms with Crippen molar-refractivity contribution in [2.45, 2.75) is 30.1 Å². The number of aliphatic hydroxyl groups excluding tert-OH is 4. The van der Waals surface area contributed by atoms with Crippen LogP contribution in [0.2, 0.25) is 0 Å². The van der Waals surface area contributed by atoms with E-state index in [0.29, 0.717) is 0 Å². The highest BCUT2D eigenvalue weighted by atomic mass is 16.6. The smallest absolute Gasteiger partial charge is 0.351 e. The summed E-state index contributed by atoms with van der Waals surface area (Å²) < 4.78 is 4.94. The van der Waals surface area contributed by atoms with Gasteiger partial charge in [-0.25, -0.2) is 4.79 Å². The van der Waals surface area contributed by atoms with Crippen LogP contribution < -0.4 is 5.32 Å². The van der Waals surface area contributed by atoms with E-state index in [1.807, 2.05) is 5.32 Å². The van der Waals surface area contributed by atoms with Gasteiger partial charge in [0, 0.05) is 0 Å². The molecule has 18 heavy (non-hydrogen) atoms. The highest BCUT2D eigenvalue weighted by Crippen LogP contribution is 2.32. The molecule has 2 saturated heterocycles. The second kappa shape index (κ2) is 4.12. The lowest BCUT2D eigenvalue weighted by atomic mass is 9.90. The van der Waals surface area contributed by atoms with E-state index >= 15 is 0 Å². The Kier molecular flexibility index (Phi) is 3.01. The molecule has 6 N–H and O–H groups in total. The predicted octanol–water partition coefficient (Wildman–Crippen LogP) is -3.90. The van der Waals surface area contributed by atoms with E-state index in [-0.39, 0.29) is 5.06 Å². The van der Waals surface area contributed by atoms with E-state index in [9.17, 15) is 24.9 Å².